The number of nitrogens with zero attached hydrogens (tertiary/aromatic N) is 3. The van der Waals surface area contributed by atoms with Gasteiger partial charge in [-0.2, -0.15) is 4.09 Å². The smallest absolute Gasteiger partial charge is 0.327 e. The minimum absolute atomic E-state index is 0.0150. The molecule has 0 spiro atoms. The molecule has 1 atom stereocenters. The van der Waals surface area contributed by atoms with E-state index in [0.29, 0.717) is 29.0 Å². The molecule has 0 aliphatic rings. The third kappa shape index (κ3) is 12.3. The molecule has 4 rings (SSSR count). The van der Waals surface area contributed by atoms with Crippen LogP contribution in [0.25, 0.3) is 22.0 Å². The van der Waals surface area contributed by atoms with Crippen LogP contribution in [-0.4, -0.2) is 57.6 Å². The van der Waals surface area contributed by atoms with Crippen LogP contribution in [0.5, 0.6) is 0 Å². The fourth-order valence-electron chi connectivity index (χ4n) is 3.85. The first-order valence-electron chi connectivity index (χ1n) is 14.9. The average Bonchev–Trinajstić information content (AvgIpc) is 3.44. The molecule has 11 heteroatoms. The fourth-order valence-corrected chi connectivity index (χ4v) is 4.19. The predicted molar refractivity (Wildman–Crippen MR) is 190 cm³/mol. The Kier molecular flexibility index (Phi) is 18.0. The molecular weight excluding hydrogens is 605 g/mol. The van der Waals surface area contributed by atoms with Gasteiger partial charge in [-0.15, -0.1) is 8.98 Å². The number of nitrogens with one attached hydrogen (secondary N) is 2. The Hall–Kier alpha value is -4.74. The van der Waals surface area contributed by atoms with E-state index >= 15 is 0 Å². The van der Waals surface area contributed by atoms with Crippen molar-refractivity contribution in [2.24, 2.45) is 0 Å². The van der Waals surface area contributed by atoms with Gasteiger partial charge in [0.2, 0.25) is 11.8 Å². The number of carboxylic acids is 1. The summed E-state index contributed by atoms with van der Waals surface area (Å²) in [5.74, 6) is -1.54. The summed E-state index contributed by atoms with van der Waals surface area (Å²) in [5, 5.41) is 18.1. The average molecular weight is 650 g/mol. The van der Waals surface area contributed by atoms with Crippen LogP contribution in [0.2, 0.25) is 0 Å². The number of carbonyl (C=O) groups is 3. The molecule has 0 bridgehead atoms. The number of aliphatic carboxylic acids is 1. The molecule has 46 heavy (non-hydrogen) atoms. The lowest BCUT2D eigenvalue weighted by Crippen LogP contribution is -2.19. The van der Waals surface area contributed by atoms with Crippen LogP contribution < -0.4 is 10.6 Å². The Morgan fingerprint density at radius 2 is 1.61 bits per heavy atom. The molecule has 9 nitrogen and oxygen atoms in total. The maximum absolute atomic E-state index is 13.3. The summed E-state index contributed by atoms with van der Waals surface area (Å²) in [6.45, 7) is 13.5. The van der Waals surface area contributed by atoms with E-state index in [-0.39, 0.29) is 24.1 Å². The van der Waals surface area contributed by atoms with Crippen LogP contribution in [0, 0.1) is 0 Å². The highest BCUT2D eigenvalue weighted by Crippen LogP contribution is 2.29. The quantitative estimate of drug-likeness (QED) is 0.148. The van der Waals surface area contributed by atoms with Crippen molar-refractivity contribution in [3.63, 3.8) is 0 Å². The van der Waals surface area contributed by atoms with Gasteiger partial charge >= 0.3 is 5.97 Å². The minimum atomic E-state index is -0.981. The number of para-hydroxylation sites is 1. The highest BCUT2D eigenvalue weighted by Gasteiger charge is 2.19. The summed E-state index contributed by atoms with van der Waals surface area (Å²) in [6, 6.07) is 22.4. The van der Waals surface area contributed by atoms with Crippen LogP contribution in [0.15, 0.2) is 97.6 Å². The zero-order valence-corrected chi connectivity index (χ0v) is 28.3. The van der Waals surface area contributed by atoms with Gasteiger partial charge < -0.3 is 20.6 Å². The van der Waals surface area contributed by atoms with Crippen LogP contribution in [0.1, 0.15) is 46.1 Å². The molecule has 0 aliphatic carbocycles. The zero-order valence-electron chi connectivity index (χ0n) is 27.5. The predicted octanol–water partition coefficient (Wildman–Crippen LogP) is 8.19. The molecule has 1 aromatic heterocycles. The van der Waals surface area contributed by atoms with Gasteiger partial charge in [-0.05, 0) is 62.0 Å². The summed E-state index contributed by atoms with van der Waals surface area (Å²) < 4.78 is 14.4. The zero-order chi connectivity index (χ0) is 34.6. The summed E-state index contributed by atoms with van der Waals surface area (Å²) >= 11 is -0.0150. The number of halogens is 1. The molecule has 3 N–H and O–H groups in total. The van der Waals surface area contributed by atoms with E-state index in [1.54, 1.807) is 24.3 Å². The Morgan fingerprint density at radius 3 is 2.20 bits per heavy atom. The third-order valence-corrected chi connectivity index (χ3v) is 6.45. The van der Waals surface area contributed by atoms with Gasteiger partial charge in [0.15, 0.2) is 18.2 Å². The van der Waals surface area contributed by atoms with Crippen molar-refractivity contribution in [1.29, 1.82) is 0 Å². The number of hydrogen-bond donors (Lipinski definition) is 3. The van der Waals surface area contributed by atoms with E-state index in [1.807, 2.05) is 108 Å². The first kappa shape index (κ1) is 39.3. The maximum Gasteiger partial charge on any atom is 0.327 e. The number of anilines is 2. The van der Waals surface area contributed by atoms with Gasteiger partial charge in [-0.3, -0.25) is 9.59 Å². The topological polar surface area (TPSA) is 117 Å². The molecule has 246 valence electrons. The monoisotopic (exact) mass is 649 g/mol. The van der Waals surface area contributed by atoms with Gasteiger partial charge in [0.1, 0.15) is 0 Å². The number of hydrogen-bond acceptors (Lipinski definition) is 6. The minimum Gasteiger partial charge on any atom is -0.478 e. The lowest BCUT2D eigenvalue weighted by Gasteiger charge is -2.13. The van der Waals surface area contributed by atoms with E-state index in [9.17, 15) is 18.3 Å². The molecule has 2 amide bonds. The molecule has 1 unspecified atom stereocenters. The number of likely N-dealkylation sites (N-methyl/N-ethyl adjacent to an activating group) is 1. The first-order valence-corrected chi connectivity index (χ1v) is 15.6. The molecule has 0 aliphatic heterocycles. The van der Waals surface area contributed by atoms with Gasteiger partial charge in [0, 0.05) is 29.8 Å². The van der Waals surface area contributed by atoms with Crippen molar-refractivity contribution < 1.29 is 23.4 Å². The highest BCUT2D eigenvalue weighted by molar-refractivity contribution is 7.92. The van der Waals surface area contributed by atoms with E-state index in [1.165, 1.54) is 6.08 Å². The molecule has 0 radical (unpaired) electrons. The third-order valence-electron chi connectivity index (χ3n) is 6.04. The van der Waals surface area contributed by atoms with Gasteiger partial charge in [0.25, 0.3) is 0 Å². The van der Waals surface area contributed by atoms with Crippen LogP contribution in [0.3, 0.4) is 0 Å². The summed E-state index contributed by atoms with van der Waals surface area (Å²) in [5.41, 5.74) is 4.03. The van der Waals surface area contributed by atoms with Crippen molar-refractivity contribution in [3.05, 3.63) is 103 Å². The fraction of sp³-hybridized carbons (Fsp3) is 0.257. The van der Waals surface area contributed by atoms with E-state index < -0.39 is 11.9 Å². The van der Waals surface area contributed by atoms with Crippen LogP contribution in [-0.2, 0) is 14.4 Å². The number of benzene rings is 3. The second-order valence-electron chi connectivity index (χ2n) is 9.42. The largest absolute Gasteiger partial charge is 0.478 e. The SMILES string of the molecule is C=CC(=O)O.CC.CC.CC(C(=O)Nc1nn(SF)c2ccccc12)c1cccc(-c2ccc(NC(=O)/C=C/CN(C)C)cc2)c1. The van der Waals surface area contributed by atoms with Gasteiger partial charge in [-0.1, -0.05) is 88.9 Å². The van der Waals surface area contributed by atoms with Crippen molar-refractivity contribution in [2.75, 3.05) is 31.3 Å². The van der Waals surface area contributed by atoms with Crippen molar-refractivity contribution in [3.8, 4) is 11.1 Å². The van der Waals surface area contributed by atoms with E-state index in [0.717, 1.165) is 26.9 Å². The number of aromatic nitrogens is 2. The van der Waals surface area contributed by atoms with Crippen LogP contribution in [0.4, 0.5) is 15.4 Å². The standard InChI is InChI=1S/C28H28FN5O2S.C3H4O2.2C2H6/c1-19(28(36)31-27-24-10-4-5-11-25(24)34(32-27)37-29)21-8-6-9-22(18-21)20-13-15-23(16-14-20)30-26(35)12-7-17-33(2)3;1-2-3(4)5;2*1-2/h4-16,18-19H,17H2,1-3H3,(H,30,35)(H,31,32,36);2H,1H2,(H,4,5);2*1-2H3/b12-7+;;;. The molecule has 4 aromatic rings. The number of carboxylic acid groups (broad SMARTS) is 1. The normalized spacial score (nSPS) is 10.8. The Morgan fingerprint density at radius 1 is 0.978 bits per heavy atom. The second kappa shape index (κ2) is 21.1. The van der Waals surface area contributed by atoms with E-state index in [2.05, 4.69) is 22.3 Å². The summed E-state index contributed by atoms with van der Waals surface area (Å²) in [7, 11) is 3.88. The second-order valence-corrected chi connectivity index (χ2v) is 9.90. The molecular formula is C35H44FN5O4S. The van der Waals surface area contributed by atoms with E-state index in [4.69, 9.17) is 5.11 Å². The van der Waals surface area contributed by atoms with Crippen LogP contribution >= 0.6 is 12.3 Å². The van der Waals surface area contributed by atoms with Crippen molar-refractivity contribution >= 4 is 52.5 Å². The molecule has 1 heterocycles. The molecule has 0 saturated heterocycles. The number of fused-ring (bicyclic) bond motifs is 1. The Labute approximate surface area is 275 Å². The molecule has 0 saturated carbocycles. The van der Waals surface area contributed by atoms with Crippen molar-refractivity contribution in [1.82, 2.24) is 14.1 Å². The number of carbonyl (C=O) groups excluding carboxylic acids is 2. The lowest BCUT2D eigenvalue weighted by molar-refractivity contribution is -0.131. The lowest BCUT2D eigenvalue weighted by atomic mass is 9.95. The number of amides is 2. The number of rotatable bonds is 10. The van der Waals surface area contributed by atoms with Crippen molar-refractivity contribution in [2.45, 2.75) is 40.5 Å². The van der Waals surface area contributed by atoms with Gasteiger partial charge in [-0.25, -0.2) is 4.79 Å². The molecule has 3 aromatic carbocycles. The Balaban J connectivity index is 0.00000106. The summed E-state index contributed by atoms with van der Waals surface area (Å²) in [6.07, 6.45) is 4.16. The maximum atomic E-state index is 13.3. The highest BCUT2D eigenvalue weighted by atomic mass is 32.2. The molecule has 0 fully saturated rings. The summed E-state index contributed by atoms with van der Waals surface area (Å²) in [4.78, 5) is 36.3. The van der Waals surface area contributed by atoms with Gasteiger partial charge in [0.05, 0.1) is 11.4 Å². The first-order chi connectivity index (χ1) is 22.1. The Bertz CT molecular complexity index is 1590.